The Labute approximate surface area is 112 Å². The number of rotatable bonds is 6. The third-order valence-corrected chi connectivity index (χ3v) is 3.19. The largest absolute Gasteiger partial charge is 0.494 e. The van der Waals surface area contributed by atoms with Crippen molar-refractivity contribution >= 4 is 5.91 Å². The summed E-state index contributed by atoms with van der Waals surface area (Å²) in [4.78, 5) is 11.8. The quantitative estimate of drug-likeness (QED) is 0.830. The van der Waals surface area contributed by atoms with Crippen LogP contribution in [0.15, 0.2) is 18.2 Å². The second kappa shape index (κ2) is 7.09. The minimum Gasteiger partial charge on any atom is -0.494 e. The molecule has 1 rings (SSSR count). The van der Waals surface area contributed by atoms with Crippen molar-refractivity contribution in [3.05, 3.63) is 29.6 Å². The predicted octanol–water partition coefficient (Wildman–Crippen LogP) is 1.97. The van der Waals surface area contributed by atoms with Crippen LogP contribution in [0.3, 0.4) is 0 Å². The minimum atomic E-state index is -0.587. The molecule has 0 heterocycles. The SMILES string of the molecule is CCC(C)C(O)CNC(=O)c1ccc(F)c(OC)c1. The van der Waals surface area contributed by atoms with Crippen LogP contribution < -0.4 is 10.1 Å². The number of aliphatic hydroxyl groups is 1. The van der Waals surface area contributed by atoms with Crippen LogP contribution in [-0.4, -0.2) is 30.8 Å². The Bertz CT molecular complexity index is 437. The van der Waals surface area contributed by atoms with Gasteiger partial charge in [0.05, 0.1) is 13.2 Å². The molecule has 19 heavy (non-hydrogen) atoms. The molecule has 0 saturated carbocycles. The molecule has 2 atom stereocenters. The standard InChI is InChI=1S/C14H20FNO3/c1-4-9(2)12(17)8-16-14(18)10-5-6-11(15)13(7-10)19-3/h5-7,9,12,17H,4,8H2,1-3H3,(H,16,18). The summed E-state index contributed by atoms with van der Waals surface area (Å²) < 4.78 is 18.0. The molecular formula is C14H20FNO3. The average Bonchev–Trinajstić information content (AvgIpc) is 2.43. The maximum atomic E-state index is 13.2. The van der Waals surface area contributed by atoms with Gasteiger partial charge < -0.3 is 15.2 Å². The average molecular weight is 269 g/mol. The topological polar surface area (TPSA) is 58.6 Å². The van der Waals surface area contributed by atoms with Gasteiger partial charge in [0, 0.05) is 12.1 Å². The van der Waals surface area contributed by atoms with Crippen LogP contribution in [0.25, 0.3) is 0 Å². The number of aliphatic hydroxyl groups excluding tert-OH is 1. The molecule has 0 saturated heterocycles. The van der Waals surface area contributed by atoms with E-state index in [2.05, 4.69) is 5.32 Å². The van der Waals surface area contributed by atoms with Crippen LogP contribution in [0.2, 0.25) is 0 Å². The number of nitrogens with one attached hydrogen (secondary N) is 1. The van der Waals surface area contributed by atoms with E-state index in [1.165, 1.54) is 25.3 Å². The molecule has 1 amide bonds. The van der Waals surface area contributed by atoms with Gasteiger partial charge in [-0.15, -0.1) is 0 Å². The van der Waals surface area contributed by atoms with E-state index in [1.54, 1.807) is 0 Å². The van der Waals surface area contributed by atoms with Crippen molar-refractivity contribution in [2.45, 2.75) is 26.4 Å². The van der Waals surface area contributed by atoms with Gasteiger partial charge >= 0.3 is 0 Å². The molecule has 0 aliphatic rings. The van der Waals surface area contributed by atoms with E-state index in [4.69, 9.17) is 4.74 Å². The first-order chi connectivity index (χ1) is 8.99. The van der Waals surface area contributed by atoms with Gasteiger partial charge in [0.1, 0.15) is 0 Å². The number of ether oxygens (including phenoxy) is 1. The number of halogens is 1. The Morgan fingerprint density at radius 3 is 2.79 bits per heavy atom. The fourth-order valence-corrected chi connectivity index (χ4v) is 1.57. The molecule has 0 bridgehead atoms. The smallest absolute Gasteiger partial charge is 0.251 e. The van der Waals surface area contributed by atoms with Gasteiger partial charge in [-0.1, -0.05) is 20.3 Å². The van der Waals surface area contributed by atoms with E-state index < -0.39 is 11.9 Å². The first-order valence-electron chi connectivity index (χ1n) is 6.29. The number of benzene rings is 1. The lowest BCUT2D eigenvalue weighted by atomic mass is 10.0. The minimum absolute atomic E-state index is 0.0233. The molecule has 1 aromatic rings. The van der Waals surface area contributed by atoms with Crippen molar-refractivity contribution in [2.24, 2.45) is 5.92 Å². The molecule has 0 radical (unpaired) electrons. The molecule has 0 aliphatic carbocycles. The van der Waals surface area contributed by atoms with Gasteiger partial charge in [-0.25, -0.2) is 4.39 Å². The van der Waals surface area contributed by atoms with Crippen LogP contribution in [0, 0.1) is 11.7 Å². The second-order valence-electron chi connectivity index (χ2n) is 4.51. The van der Waals surface area contributed by atoms with Crippen molar-refractivity contribution in [2.75, 3.05) is 13.7 Å². The van der Waals surface area contributed by atoms with Crippen LogP contribution in [0.5, 0.6) is 5.75 Å². The summed E-state index contributed by atoms with van der Waals surface area (Å²) in [7, 11) is 1.34. The highest BCUT2D eigenvalue weighted by atomic mass is 19.1. The van der Waals surface area contributed by atoms with Crippen molar-refractivity contribution in [1.29, 1.82) is 0 Å². The Balaban J connectivity index is 2.63. The van der Waals surface area contributed by atoms with Crippen molar-refractivity contribution in [3.63, 3.8) is 0 Å². The second-order valence-corrected chi connectivity index (χ2v) is 4.51. The lowest BCUT2D eigenvalue weighted by Gasteiger charge is -2.17. The monoisotopic (exact) mass is 269 g/mol. The van der Waals surface area contributed by atoms with Crippen molar-refractivity contribution in [3.8, 4) is 5.75 Å². The molecule has 2 unspecified atom stereocenters. The lowest BCUT2D eigenvalue weighted by Crippen LogP contribution is -2.35. The normalized spacial score (nSPS) is 13.7. The third kappa shape index (κ3) is 4.21. The highest BCUT2D eigenvalue weighted by Gasteiger charge is 2.15. The van der Waals surface area contributed by atoms with Gasteiger partial charge in [0.2, 0.25) is 0 Å². The van der Waals surface area contributed by atoms with Gasteiger partial charge in [-0.05, 0) is 24.1 Å². The molecule has 1 aromatic carbocycles. The number of hydrogen-bond acceptors (Lipinski definition) is 3. The zero-order chi connectivity index (χ0) is 14.4. The van der Waals surface area contributed by atoms with Crippen molar-refractivity contribution < 1.29 is 19.0 Å². The molecule has 2 N–H and O–H groups in total. The first-order valence-corrected chi connectivity index (χ1v) is 6.29. The molecule has 5 heteroatoms. The zero-order valence-electron chi connectivity index (χ0n) is 11.4. The van der Waals surface area contributed by atoms with E-state index in [1.807, 2.05) is 13.8 Å². The molecule has 0 aromatic heterocycles. The van der Waals surface area contributed by atoms with Crippen LogP contribution in [0.4, 0.5) is 4.39 Å². The Hall–Kier alpha value is -1.62. The maximum absolute atomic E-state index is 13.2. The summed E-state index contributed by atoms with van der Waals surface area (Å²) in [6, 6.07) is 3.89. The molecule has 0 spiro atoms. The van der Waals surface area contributed by atoms with Gasteiger partial charge in [-0.3, -0.25) is 4.79 Å². The highest BCUT2D eigenvalue weighted by Crippen LogP contribution is 2.18. The van der Waals surface area contributed by atoms with Crippen LogP contribution >= 0.6 is 0 Å². The summed E-state index contributed by atoms with van der Waals surface area (Å²) in [6.07, 6.45) is 0.248. The highest BCUT2D eigenvalue weighted by molar-refractivity contribution is 5.94. The van der Waals surface area contributed by atoms with E-state index in [0.29, 0.717) is 5.56 Å². The number of carbonyl (C=O) groups excluding carboxylic acids is 1. The zero-order valence-corrected chi connectivity index (χ0v) is 11.4. The van der Waals surface area contributed by atoms with Gasteiger partial charge in [0.15, 0.2) is 11.6 Å². The third-order valence-electron chi connectivity index (χ3n) is 3.19. The van der Waals surface area contributed by atoms with Gasteiger partial charge in [0.25, 0.3) is 5.91 Å². The van der Waals surface area contributed by atoms with E-state index in [-0.39, 0.29) is 24.1 Å². The molecular weight excluding hydrogens is 249 g/mol. The first kappa shape index (κ1) is 15.4. The Kier molecular flexibility index (Phi) is 5.76. The fourth-order valence-electron chi connectivity index (χ4n) is 1.57. The predicted molar refractivity (Wildman–Crippen MR) is 70.7 cm³/mol. The summed E-state index contributed by atoms with van der Waals surface area (Å²) >= 11 is 0. The van der Waals surface area contributed by atoms with E-state index >= 15 is 0 Å². The Morgan fingerprint density at radius 2 is 2.21 bits per heavy atom. The Morgan fingerprint density at radius 1 is 1.53 bits per heavy atom. The summed E-state index contributed by atoms with van der Waals surface area (Å²) in [5, 5.41) is 12.4. The maximum Gasteiger partial charge on any atom is 0.251 e. The summed E-state index contributed by atoms with van der Waals surface area (Å²) in [5.74, 6) is -0.738. The van der Waals surface area contributed by atoms with Crippen molar-refractivity contribution in [1.82, 2.24) is 5.32 Å². The molecule has 106 valence electrons. The number of carbonyl (C=O) groups is 1. The van der Waals surface area contributed by atoms with Gasteiger partial charge in [-0.2, -0.15) is 0 Å². The molecule has 0 fully saturated rings. The lowest BCUT2D eigenvalue weighted by molar-refractivity contribution is 0.0850. The number of amides is 1. The molecule has 4 nitrogen and oxygen atoms in total. The number of methoxy groups -OCH3 is 1. The number of hydrogen-bond donors (Lipinski definition) is 2. The van der Waals surface area contributed by atoms with E-state index in [9.17, 15) is 14.3 Å². The molecule has 0 aliphatic heterocycles. The van der Waals surface area contributed by atoms with Crippen LogP contribution in [0.1, 0.15) is 30.6 Å². The summed E-state index contributed by atoms with van der Waals surface area (Å²) in [6.45, 7) is 4.06. The van der Waals surface area contributed by atoms with E-state index in [0.717, 1.165) is 6.42 Å². The van der Waals surface area contributed by atoms with Crippen LogP contribution in [-0.2, 0) is 0 Å². The fraction of sp³-hybridized carbons (Fsp3) is 0.500. The summed E-state index contributed by atoms with van der Waals surface area (Å²) in [5.41, 5.74) is 0.301.